The summed E-state index contributed by atoms with van der Waals surface area (Å²) in [5.74, 6) is -2.09. The molecule has 4 rings (SSSR count). The van der Waals surface area contributed by atoms with Crippen molar-refractivity contribution in [2.24, 2.45) is 5.92 Å². The summed E-state index contributed by atoms with van der Waals surface area (Å²) in [6.45, 7) is 1.60. The van der Waals surface area contributed by atoms with E-state index in [0.29, 0.717) is 26.9 Å². The SMILES string of the molecule is COC(=O)/C(CN1C(=O)C(Cc2ccccc2)C(=O)C=C1C)=C(/c1ccccc1)c1ccc(Cl)c(Cl)c1. The Labute approximate surface area is 226 Å². The van der Waals surface area contributed by atoms with E-state index in [1.54, 1.807) is 25.1 Å². The van der Waals surface area contributed by atoms with Crippen LogP contribution in [0, 0.1) is 5.92 Å². The summed E-state index contributed by atoms with van der Waals surface area (Å²) in [6.07, 6.45) is 1.74. The molecule has 0 aliphatic carbocycles. The van der Waals surface area contributed by atoms with Crippen molar-refractivity contribution < 1.29 is 19.1 Å². The lowest BCUT2D eigenvalue weighted by molar-refractivity contribution is -0.140. The van der Waals surface area contributed by atoms with E-state index in [9.17, 15) is 14.4 Å². The van der Waals surface area contributed by atoms with Gasteiger partial charge in [0.25, 0.3) is 0 Å². The molecule has 0 aromatic heterocycles. The Morgan fingerprint density at radius 3 is 2.16 bits per heavy atom. The van der Waals surface area contributed by atoms with Gasteiger partial charge in [0.05, 0.1) is 29.3 Å². The van der Waals surface area contributed by atoms with Crippen LogP contribution in [0.3, 0.4) is 0 Å². The van der Waals surface area contributed by atoms with E-state index in [1.807, 2.05) is 60.7 Å². The highest BCUT2D eigenvalue weighted by Crippen LogP contribution is 2.34. The number of rotatable bonds is 7. The molecule has 1 unspecified atom stereocenters. The monoisotopic (exact) mass is 533 g/mol. The van der Waals surface area contributed by atoms with E-state index < -0.39 is 11.9 Å². The molecule has 5 nitrogen and oxygen atoms in total. The Balaban J connectivity index is 1.82. The predicted octanol–water partition coefficient (Wildman–Crippen LogP) is 6.14. The normalized spacial score (nSPS) is 16.3. The lowest BCUT2D eigenvalue weighted by Gasteiger charge is -2.32. The number of ketones is 1. The van der Waals surface area contributed by atoms with Crippen LogP contribution >= 0.6 is 23.2 Å². The first-order valence-electron chi connectivity index (χ1n) is 11.7. The molecule has 1 atom stereocenters. The maximum atomic E-state index is 13.6. The van der Waals surface area contributed by atoms with Gasteiger partial charge in [-0.2, -0.15) is 0 Å². The predicted molar refractivity (Wildman–Crippen MR) is 145 cm³/mol. The molecular weight excluding hydrogens is 509 g/mol. The summed E-state index contributed by atoms with van der Waals surface area (Å²) in [6, 6.07) is 23.8. The number of allylic oxidation sites excluding steroid dienone is 2. The van der Waals surface area contributed by atoms with Gasteiger partial charge in [-0.05, 0) is 42.2 Å². The number of nitrogens with zero attached hydrogens (tertiary/aromatic N) is 1. The number of carbonyl (C=O) groups excluding carboxylic acids is 3. The number of carbonyl (C=O) groups is 3. The van der Waals surface area contributed by atoms with Crippen LogP contribution in [0.4, 0.5) is 0 Å². The van der Waals surface area contributed by atoms with E-state index in [0.717, 1.165) is 11.1 Å². The first-order chi connectivity index (χ1) is 17.8. The zero-order valence-corrected chi connectivity index (χ0v) is 21.9. The van der Waals surface area contributed by atoms with Crippen molar-refractivity contribution in [2.45, 2.75) is 13.3 Å². The maximum Gasteiger partial charge on any atom is 0.336 e. The second-order valence-corrected chi connectivity index (χ2v) is 9.51. The first kappa shape index (κ1) is 26.4. The van der Waals surface area contributed by atoms with E-state index >= 15 is 0 Å². The molecular formula is C30H25Cl2NO4. The zero-order chi connectivity index (χ0) is 26.5. The van der Waals surface area contributed by atoms with Gasteiger partial charge in [0.1, 0.15) is 5.92 Å². The van der Waals surface area contributed by atoms with Crippen LogP contribution < -0.4 is 0 Å². The second kappa shape index (κ2) is 11.6. The van der Waals surface area contributed by atoms with Crippen molar-refractivity contribution in [3.8, 4) is 0 Å². The van der Waals surface area contributed by atoms with Gasteiger partial charge in [0.2, 0.25) is 5.91 Å². The fourth-order valence-corrected chi connectivity index (χ4v) is 4.70. The summed E-state index contributed by atoms with van der Waals surface area (Å²) in [5.41, 5.74) is 3.53. The largest absolute Gasteiger partial charge is 0.466 e. The van der Waals surface area contributed by atoms with Crippen LogP contribution in [0.25, 0.3) is 5.57 Å². The number of benzene rings is 3. The van der Waals surface area contributed by atoms with Gasteiger partial charge in [-0.1, -0.05) is 89.9 Å². The molecule has 7 heteroatoms. The molecule has 1 aliphatic rings. The number of ether oxygens (including phenoxy) is 1. The van der Waals surface area contributed by atoms with E-state index in [-0.39, 0.29) is 30.2 Å². The standard InChI is InChI=1S/C30H25Cl2NO4/c1-19-15-27(34)23(16-20-9-5-3-6-10-20)29(35)33(19)18-24(30(36)37-2)28(21-11-7-4-8-12-21)22-13-14-25(31)26(32)17-22/h3-15,17,23H,16,18H2,1-2H3/b28-24-. The van der Waals surface area contributed by atoms with Crippen LogP contribution in [0.5, 0.6) is 0 Å². The van der Waals surface area contributed by atoms with Gasteiger partial charge in [0, 0.05) is 17.3 Å². The quantitative estimate of drug-likeness (QED) is 0.208. The molecule has 37 heavy (non-hydrogen) atoms. The molecule has 1 heterocycles. The number of methoxy groups -OCH3 is 1. The van der Waals surface area contributed by atoms with Crippen LogP contribution in [0.15, 0.2) is 96.2 Å². The van der Waals surface area contributed by atoms with Gasteiger partial charge in [0.15, 0.2) is 5.78 Å². The van der Waals surface area contributed by atoms with Crippen LogP contribution in [0.2, 0.25) is 10.0 Å². The molecule has 0 saturated heterocycles. The molecule has 1 aliphatic heterocycles. The van der Waals surface area contributed by atoms with Crippen molar-refractivity contribution >= 4 is 46.4 Å². The van der Waals surface area contributed by atoms with Crippen molar-refractivity contribution in [3.63, 3.8) is 0 Å². The molecule has 0 radical (unpaired) electrons. The van der Waals surface area contributed by atoms with Gasteiger partial charge in [-0.15, -0.1) is 0 Å². The Bertz CT molecular complexity index is 1400. The summed E-state index contributed by atoms with van der Waals surface area (Å²) < 4.78 is 5.17. The summed E-state index contributed by atoms with van der Waals surface area (Å²) in [7, 11) is 1.29. The number of esters is 1. The minimum absolute atomic E-state index is 0.0864. The van der Waals surface area contributed by atoms with Gasteiger partial charge < -0.3 is 9.64 Å². The average molecular weight is 534 g/mol. The third kappa shape index (κ3) is 5.85. The summed E-state index contributed by atoms with van der Waals surface area (Å²) in [4.78, 5) is 41.2. The average Bonchev–Trinajstić information content (AvgIpc) is 2.90. The maximum absolute atomic E-state index is 13.6. The smallest absolute Gasteiger partial charge is 0.336 e. The van der Waals surface area contributed by atoms with E-state index in [4.69, 9.17) is 27.9 Å². The van der Waals surface area contributed by atoms with Crippen molar-refractivity contribution in [2.75, 3.05) is 13.7 Å². The lowest BCUT2D eigenvalue weighted by atomic mass is 9.89. The molecule has 188 valence electrons. The summed E-state index contributed by atoms with van der Waals surface area (Å²) >= 11 is 12.5. The minimum Gasteiger partial charge on any atom is -0.466 e. The molecule has 0 bridgehead atoms. The van der Waals surface area contributed by atoms with E-state index in [1.165, 1.54) is 18.1 Å². The second-order valence-electron chi connectivity index (χ2n) is 8.69. The van der Waals surface area contributed by atoms with E-state index in [2.05, 4.69) is 0 Å². The van der Waals surface area contributed by atoms with Crippen LogP contribution in [0.1, 0.15) is 23.6 Å². The van der Waals surface area contributed by atoms with Gasteiger partial charge >= 0.3 is 5.97 Å². The van der Waals surface area contributed by atoms with Crippen molar-refractivity contribution in [3.05, 3.63) is 123 Å². The molecule has 0 spiro atoms. The number of amides is 1. The highest BCUT2D eigenvalue weighted by molar-refractivity contribution is 6.42. The topological polar surface area (TPSA) is 63.7 Å². The Morgan fingerprint density at radius 2 is 1.54 bits per heavy atom. The number of halogens is 2. The van der Waals surface area contributed by atoms with Crippen molar-refractivity contribution in [1.82, 2.24) is 4.90 Å². The van der Waals surface area contributed by atoms with Crippen molar-refractivity contribution in [1.29, 1.82) is 0 Å². The molecule has 0 fully saturated rings. The molecule has 0 N–H and O–H groups in total. The molecule has 3 aromatic rings. The van der Waals surface area contributed by atoms with Gasteiger partial charge in [-0.25, -0.2) is 4.79 Å². The first-order valence-corrected chi connectivity index (χ1v) is 12.5. The molecule has 0 saturated carbocycles. The minimum atomic E-state index is -0.879. The summed E-state index contributed by atoms with van der Waals surface area (Å²) in [5, 5.41) is 0.708. The molecule has 3 aromatic carbocycles. The Morgan fingerprint density at radius 1 is 0.892 bits per heavy atom. The zero-order valence-electron chi connectivity index (χ0n) is 20.4. The third-order valence-electron chi connectivity index (χ3n) is 6.29. The number of hydrogen-bond donors (Lipinski definition) is 0. The molecule has 1 amide bonds. The highest BCUT2D eigenvalue weighted by Gasteiger charge is 2.36. The fraction of sp³-hybridized carbons (Fsp3) is 0.167. The fourth-order valence-electron chi connectivity index (χ4n) is 4.41. The Hall–Kier alpha value is -3.67. The van der Waals surface area contributed by atoms with Gasteiger partial charge in [-0.3, -0.25) is 9.59 Å². The third-order valence-corrected chi connectivity index (χ3v) is 7.03. The Kier molecular flexibility index (Phi) is 8.27. The van der Waals surface area contributed by atoms with Crippen LogP contribution in [-0.2, 0) is 25.5 Å². The van der Waals surface area contributed by atoms with Crippen LogP contribution in [-0.4, -0.2) is 36.2 Å². The number of hydrogen-bond acceptors (Lipinski definition) is 4. The lowest BCUT2D eigenvalue weighted by Crippen LogP contribution is -2.44. The highest BCUT2D eigenvalue weighted by atomic mass is 35.5.